The van der Waals surface area contributed by atoms with Crippen molar-refractivity contribution in [1.82, 2.24) is 10.6 Å². The average Bonchev–Trinajstić information content (AvgIpc) is 2.10. The van der Waals surface area contributed by atoms with Gasteiger partial charge in [0.1, 0.15) is 5.92 Å². The van der Waals surface area contributed by atoms with Gasteiger partial charge in [-0.05, 0) is 6.92 Å². The van der Waals surface area contributed by atoms with Gasteiger partial charge in [-0.15, -0.1) is 0 Å². The Morgan fingerprint density at radius 2 is 2.00 bits per heavy atom. The number of nitrogens with one attached hydrogen (secondary N) is 2. The molecule has 0 rings (SSSR count). The van der Waals surface area contributed by atoms with Gasteiger partial charge < -0.3 is 16.4 Å². The number of urea groups is 1. The van der Waals surface area contributed by atoms with Crippen LogP contribution < -0.4 is 16.4 Å². The minimum atomic E-state index is -0.673. The quantitative estimate of drug-likeness (QED) is 0.484. The van der Waals surface area contributed by atoms with Gasteiger partial charge in [0.15, 0.2) is 0 Å². The average molecular weight is 184 g/mol. The van der Waals surface area contributed by atoms with E-state index in [-0.39, 0.29) is 19.0 Å². The summed E-state index contributed by atoms with van der Waals surface area (Å²) in [5.74, 6) is -1.03. The Kier molecular flexibility index (Phi) is 5.03. The maximum Gasteiger partial charge on any atom is 0.312 e. The number of amides is 3. The van der Waals surface area contributed by atoms with Gasteiger partial charge in [0.25, 0.3) is 0 Å². The van der Waals surface area contributed by atoms with E-state index in [1.807, 2.05) is 0 Å². The molecule has 0 saturated carbocycles. The van der Waals surface area contributed by atoms with Crippen LogP contribution in [0.2, 0.25) is 0 Å². The molecule has 0 aromatic heterocycles. The van der Waals surface area contributed by atoms with Gasteiger partial charge in [0, 0.05) is 13.1 Å². The van der Waals surface area contributed by atoms with Gasteiger partial charge in [-0.2, -0.15) is 5.26 Å². The first-order valence-corrected chi connectivity index (χ1v) is 3.78. The summed E-state index contributed by atoms with van der Waals surface area (Å²) in [7, 11) is 0. The van der Waals surface area contributed by atoms with E-state index in [9.17, 15) is 9.59 Å². The van der Waals surface area contributed by atoms with E-state index in [1.54, 1.807) is 6.07 Å². The predicted molar refractivity (Wildman–Crippen MR) is 45.4 cm³/mol. The Balaban J connectivity index is 3.50. The third kappa shape index (κ3) is 5.49. The molecule has 0 fully saturated rings. The second-order valence-corrected chi connectivity index (χ2v) is 2.43. The maximum absolute atomic E-state index is 10.9. The zero-order chi connectivity index (χ0) is 10.3. The van der Waals surface area contributed by atoms with Gasteiger partial charge in [0.05, 0.1) is 6.07 Å². The number of carbonyl (C=O) groups excluding carboxylic acids is 2. The van der Waals surface area contributed by atoms with Crippen LogP contribution in [0.4, 0.5) is 4.79 Å². The van der Waals surface area contributed by atoms with Gasteiger partial charge in [0.2, 0.25) is 5.91 Å². The number of hydrogen-bond donors (Lipinski definition) is 3. The predicted octanol–water partition coefficient (Wildman–Crippen LogP) is -1.07. The number of nitrogens with zero attached hydrogens (tertiary/aromatic N) is 1. The first kappa shape index (κ1) is 11.2. The summed E-state index contributed by atoms with van der Waals surface area (Å²) in [6.45, 7) is 2.03. The van der Waals surface area contributed by atoms with Crippen molar-refractivity contribution in [2.75, 3.05) is 13.1 Å². The fraction of sp³-hybridized carbons (Fsp3) is 0.571. The van der Waals surface area contributed by atoms with E-state index in [0.29, 0.717) is 0 Å². The zero-order valence-electron chi connectivity index (χ0n) is 7.33. The Morgan fingerprint density at radius 1 is 1.46 bits per heavy atom. The Labute approximate surface area is 76.1 Å². The van der Waals surface area contributed by atoms with Crippen molar-refractivity contribution < 1.29 is 9.59 Å². The van der Waals surface area contributed by atoms with Crippen LogP contribution in [0, 0.1) is 17.2 Å². The second kappa shape index (κ2) is 5.83. The van der Waals surface area contributed by atoms with E-state index < -0.39 is 11.9 Å². The SMILES string of the molecule is CC(C#N)C(=O)NCCNC(N)=O. The standard InChI is InChI=1S/C7H12N4O2/c1-5(4-8)6(12)10-2-3-11-7(9)13/h5H,2-3H2,1H3,(H,10,12)(H3,9,11,13). The normalized spacial score (nSPS) is 11.1. The first-order valence-electron chi connectivity index (χ1n) is 3.78. The third-order valence-electron chi connectivity index (χ3n) is 1.31. The largest absolute Gasteiger partial charge is 0.353 e. The molecule has 6 nitrogen and oxygen atoms in total. The zero-order valence-corrected chi connectivity index (χ0v) is 7.33. The van der Waals surface area contributed by atoms with Crippen LogP contribution >= 0.6 is 0 Å². The van der Waals surface area contributed by atoms with Crippen molar-refractivity contribution in [3.8, 4) is 6.07 Å². The van der Waals surface area contributed by atoms with Crippen LogP contribution in [0.3, 0.4) is 0 Å². The van der Waals surface area contributed by atoms with Gasteiger partial charge in [-0.25, -0.2) is 4.79 Å². The lowest BCUT2D eigenvalue weighted by Gasteiger charge is -2.05. The molecule has 0 aromatic rings. The van der Waals surface area contributed by atoms with Crippen LogP contribution in [-0.4, -0.2) is 25.0 Å². The van der Waals surface area contributed by atoms with Crippen molar-refractivity contribution >= 4 is 11.9 Å². The summed E-state index contributed by atoms with van der Waals surface area (Å²) in [5, 5.41) is 13.1. The third-order valence-corrected chi connectivity index (χ3v) is 1.31. The van der Waals surface area contributed by atoms with Crippen LogP contribution in [0.5, 0.6) is 0 Å². The summed E-state index contributed by atoms with van der Waals surface area (Å²) < 4.78 is 0. The molecule has 0 radical (unpaired) electrons. The number of nitriles is 1. The molecule has 0 heterocycles. The molecule has 0 spiro atoms. The lowest BCUT2D eigenvalue weighted by molar-refractivity contribution is -0.122. The lowest BCUT2D eigenvalue weighted by Crippen LogP contribution is -2.38. The highest BCUT2D eigenvalue weighted by Crippen LogP contribution is 1.89. The molecule has 4 N–H and O–H groups in total. The van der Waals surface area contributed by atoms with Crippen LogP contribution in [0.25, 0.3) is 0 Å². The lowest BCUT2D eigenvalue weighted by atomic mass is 10.2. The molecule has 0 aliphatic heterocycles. The molecule has 0 aliphatic rings. The molecular weight excluding hydrogens is 172 g/mol. The van der Waals surface area contributed by atoms with Crippen LogP contribution in [0.15, 0.2) is 0 Å². The highest BCUT2D eigenvalue weighted by atomic mass is 16.2. The summed E-state index contributed by atoms with van der Waals surface area (Å²) in [6, 6.07) is 1.15. The molecule has 1 unspecified atom stereocenters. The molecule has 1 atom stereocenters. The van der Waals surface area contributed by atoms with Crippen molar-refractivity contribution in [1.29, 1.82) is 5.26 Å². The molecule has 0 saturated heterocycles. The molecule has 13 heavy (non-hydrogen) atoms. The van der Waals surface area contributed by atoms with Gasteiger partial charge in [-0.3, -0.25) is 4.79 Å². The number of hydrogen-bond acceptors (Lipinski definition) is 3. The van der Waals surface area contributed by atoms with Crippen molar-refractivity contribution in [2.24, 2.45) is 11.7 Å². The fourth-order valence-corrected chi connectivity index (χ4v) is 0.583. The second-order valence-electron chi connectivity index (χ2n) is 2.43. The van der Waals surface area contributed by atoms with Gasteiger partial charge >= 0.3 is 6.03 Å². The highest BCUT2D eigenvalue weighted by Gasteiger charge is 2.09. The first-order chi connectivity index (χ1) is 6.07. The Morgan fingerprint density at radius 3 is 2.46 bits per heavy atom. The van der Waals surface area contributed by atoms with Gasteiger partial charge in [-0.1, -0.05) is 0 Å². The molecule has 3 amide bonds. The van der Waals surface area contributed by atoms with E-state index in [1.165, 1.54) is 6.92 Å². The minimum Gasteiger partial charge on any atom is -0.353 e. The summed E-state index contributed by atoms with van der Waals surface area (Å²) in [4.78, 5) is 21.1. The van der Waals surface area contributed by atoms with Crippen molar-refractivity contribution in [3.63, 3.8) is 0 Å². The topological polar surface area (TPSA) is 108 Å². The Hall–Kier alpha value is -1.77. The van der Waals surface area contributed by atoms with Crippen molar-refractivity contribution in [2.45, 2.75) is 6.92 Å². The van der Waals surface area contributed by atoms with E-state index in [4.69, 9.17) is 11.0 Å². The molecule has 0 aliphatic carbocycles. The maximum atomic E-state index is 10.9. The van der Waals surface area contributed by atoms with E-state index in [0.717, 1.165) is 0 Å². The molecular formula is C7H12N4O2. The highest BCUT2D eigenvalue weighted by molar-refractivity contribution is 5.80. The number of rotatable bonds is 4. The van der Waals surface area contributed by atoms with E-state index in [2.05, 4.69) is 10.6 Å². The molecule has 0 aromatic carbocycles. The minimum absolute atomic E-state index is 0.263. The van der Waals surface area contributed by atoms with E-state index >= 15 is 0 Å². The monoisotopic (exact) mass is 184 g/mol. The smallest absolute Gasteiger partial charge is 0.312 e. The van der Waals surface area contributed by atoms with Crippen LogP contribution in [0.1, 0.15) is 6.92 Å². The number of nitrogens with two attached hydrogens (primary N) is 1. The number of carbonyl (C=O) groups is 2. The summed E-state index contributed by atoms with van der Waals surface area (Å²) >= 11 is 0. The van der Waals surface area contributed by atoms with Crippen LogP contribution in [-0.2, 0) is 4.79 Å². The number of primary amides is 1. The van der Waals surface area contributed by atoms with Crippen molar-refractivity contribution in [3.05, 3.63) is 0 Å². The summed E-state index contributed by atoms with van der Waals surface area (Å²) in [6.07, 6.45) is 0. The Bertz CT molecular complexity index is 233. The molecule has 0 bridgehead atoms. The fourth-order valence-electron chi connectivity index (χ4n) is 0.583. The summed E-state index contributed by atoms with van der Waals surface area (Å²) in [5.41, 5.74) is 4.78. The molecule has 6 heteroatoms. The molecule has 72 valence electrons.